The van der Waals surface area contributed by atoms with E-state index in [1.165, 1.54) is 0 Å². The van der Waals surface area contributed by atoms with E-state index >= 15 is 0 Å². The molecule has 0 fully saturated rings. The van der Waals surface area contributed by atoms with E-state index in [1.807, 2.05) is 31.2 Å². The summed E-state index contributed by atoms with van der Waals surface area (Å²) < 4.78 is 0. The quantitative estimate of drug-likeness (QED) is 0.463. The second-order valence-electron chi connectivity index (χ2n) is 2.84. The van der Waals surface area contributed by atoms with Crippen molar-refractivity contribution in [2.75, 3.05) is 6.54 Å². The van der Waals surface area contributed by atoms with Crippen LogP contribution >= 0.6 is 0 Å². The Balaban J connectivity index is 2.70. The van der Waals surface area contributed by atoms with Gasteiger partial charge in [0.25, 0.3) is 0 Å². The molecule has 64 valence electrons. The number of allylic oxidation sites excluding steroid dienone is 4. The van der Waals surface area contributed by atoms with E-state index in [0.29, 0.717) is 0 Å². The number of nitrogens with zero attached hydrogens (tertiary/aromatic N) is 1. The van der Waals surface area contributed by atoms with Gasteiger partial charge in [-0.05, 0) is 5.92 Å². The van der Waals surface area contributed by atoms with Crippen LogP contribution in [-0.2, 0) is 0 Å². The van der Waals surface area contributed by atoms with Crippen LogP contribution in [0.25, 0.3) is 0 Å². The molecule has 0 saturated carbocycles. The molecule has 0 spiro atoms. The fraction of sp³-hybridized carbons (Fsp3) is 0.333. The highest BCUT2D eigenvalue weighted by molar-refractivity contribution is 5.27. The number of hydrogen-bond donors (Lipinski definition) is 0. The van der Waals surface area contributed by atoms with Gasteiger partial charge in [-0.3, -0.25) is 10.1 Å². The minimum Gasteiger partial charge on any atom is -0.264 e. The van der Waals surface area contributed by atoms with Gasteiger partial charge >= 0.3 is 0 Å². The predicted molar refractivity (Wildman–Crippen MR) is 47.4 cm³/mol. The maximum Gasteiger partial charge on any atom is 0.228 e. The average molecular weight is 165 g/mol. The van der Waals surface area contributed by atoms with Gasteiger partial charge in [-0.1, -0.05) is 37.3 Å². The van der Waals surface area contributed by atoms with Gasteiger partial charge in [-0.15, -0.1) is 0 Å². The Morgan fingerprint density at radius 2 is 2.33 bits per heavy atom. The monoisotopic (exact) mass is 165 g/mol. The largest absolute Gasteiger partial charge is 0.264 e. The molecule has 0 heterocycles. The molecular formula is C9H11NO2. The van der Waals surface area contributed by atoms with Crippen LogP contribution in [0, 0.1) is 16.0 Å². The molecule has 0 aromatic heterocycles. The molecule has 3 heteroatoms. The summed E-state index contributed by atoms with van der Waals surface area (Å²) in [6, 6.07) is 0. The molecule has 0 N–H and O–H groups in total. The van der Waals surface area contributed by atoms with Crippen molar-refractivity contribution < 1.29 is 4.92 Å². The highest BCUT2D eigenvalue weighted by Crippen LogP contribution is 2.10. The van der Waals surface area contributed by atoms with Crippen LogP contribution < -0.4 is 0 Å². The van der Waals surface area contributed by atoms with Gasteiger partial charge in [0.2, 0.25) is 6.54 Å². The van der Waals surface area contributed by atoms with Gasteiger partial charge in [0.05, 0.1) is 0 Å². The minimum absolute atomic E-state index is 0.0808. The third kappa shape index (κ3) is 2.70. The molecule has 0 amide bonds. The highest BCUT2D eigenvalue weighted by atomic mass is 16.6. The number of hydrogen-bond acceptors (Lipinski definition) is 2. The van der Waals surface area contributed by atoms with Gasteiger partial charge in [-0.2, -0.15) is 0 Å². The average Bonchev–Trinajstić information content (AvgIpc) is 2.12. The Bertz CT molecular complexity index is 264. The summed E-state index contributed by atoms with van der Waals surface area (Å²) in [5.74, 6) is 0.287. The van der Waals surface area contributed by atoms with Gasteiger partial charge < -0.3 is 0 Å². The Kier molecular flexibility index (Phi) is 2.80. The molecule has 0 bridgehead atoms. The lowest BCUT2D eigenvalue weighted by molar-refractivity contribution is -0.470. The zero-order chi connectivity index (χ0) is 8.97. The van der Waals surface area contributed by atoms with Crippen molar-refractivity contribution in [2.24, 2.45) is 5.92 Å². The van der Waals surface area contributed by atoms with Crippen molar-refractivity contribution in [1.29, 1.82) is 0 Å². The topological polar surface area (TPSA) is 43.1 Å². The summed E-state index contributed by atoms with van der Waals surface area (Å²) in [5, 5.41) is 10.2. The Morgan fingerprint density at radius 1 is 1.58 bits per heavy atom. The fourth-order valence-electron chi connectivity index (χ4n) is 1.12. The summed E-state index contributed by atoms with van der Waals surface area (Å²) in [5.41, 5.74) is 0.775. The van der Waals surface area contributed by atoms with Crippen LogP contribution in [0.5, 0.6) is 0 Å². The summed E-state index contributed by atoms with van der Waals surface area (Å²) in [6.07, 6.45) is 9.43. The second kappa shape index (κ2) is 3.85. The van der Waals surface area contributed by atoms with Crippen LogP contribution in [-0.4, -0.2) is 11.5 Å². The lowest BCUT2D eigenvalue weighted by Gasteiger charge is -1.97. The maximum atomic E-state index is 10.2. The van der Waals surface area contributed by atoms with E-state index in [9.17, 15) is 10.1 Å². The lowest BCUT2D eigenvalue weighted by Crippen LogP contribution is -2.03. The smallest absolute Gasteiger partial charge is 0.228 e. The van der Waals surface area contributed by atoms with E-state index in [1.54, 1.807) is 6.08 Å². The molecule has 0 aromatic carbocycles. The van der Waals surface area contributed by atoms with Crippen LogP contribution in [0.2, 0.25) is 0 Å². The normalized spacial score (nSPS) is 21.8. The first-order chi connectivity index (χ1) is 5.68. The van der Waals surface area contributed by atoms with Crippen LogP contribution in [0.3, 0.4) is 0 Å². The van der Waals surface area contributed by atoms with Crippen molar-refractivity contribution in [3.63, 3.8) is 0 Å². The molecule has 0 aromatic rings. The van der Waals surface area contributed by atoms with Gasteiger partial charge in [0, 0.05) is 10.5 Å². The summed E-state index contributed by atoms with van der Waals surface area (Å²) in [6.45, 7) is 1.92. The zero-order valence-electron chi connectivity index (χ0n) is 6.93. The summed E-state index contributed by atoms with van der Waals surface area (Å²) in [7, 11) is 0. The lowest BCUT2D eigenvalue weighted by atomic mass is 10.1. The molecule has 0 aliphatic heterocycles. The molecular weight excluding hydrogens is 154 g/mol. The van der Waals surface area contributed by atoms with Crippen LogP contribution in [0.1, 0.15) is 6.92 Å². The predicted octanol–water partition coefficient (Wildman–Crippen LogP) is 1.95. The third-order valence-corrected chi connectivity index (χ3v) is 1.62. The fourth-order valence-corrected chi connectivity index (χ4v) is 1.12. The van der Waals surface area contributed by atoms with E-state index < -0.39 is 0 Å². The first kappa shape index (κ1) is 8.71. The first-order valence-corrected chi connectivity index (χ1v) is 3.86. The first-order valence-electron chi connectivity index (χ1n) is 3.86. The Morgan fingerprint density at radius 3 is 3.00 bits per heavy atom. The molecule has 1 aliphatic rings. The molecule has 1 aliphatic carbocycles. The van der Waals surface area contributed by atoms with Crippen molar-refractivity contribution in [3.05, 3.63) is 46.1 Å². The standard InChI is InChI=1S/C9H11NO2/c1-8-4-2-3-5-9(6-8)7-10(11)12/h2-6,8H,7H2,1H3. The van der Waals surface area contributed by atoms with Crippen molar-refractivity contribution in [1.82, 2.24) is 0 Å². The van der Waals surface area contributed by atoms with E-state index in [0.717, 1.165) is 5.57 Å². The van der Waals surface area contributed by atoms with Crippen LogP contribution in [0.15, 0.2) is 36.0 Å². The van der Waals surface area contributed by atoms with E-state index in [-0.39, 0.29) is 17.4 Å². The molecule has 1 atom stereocenters. The Hall–Kier alpha value is -1.38. The van der Waals surface area contributed by atoms with Gasteiger partial charge in [0.1, 0.15) is 0 Å². The van der Waals surface area contributed by atoms with Crippen molar-refractivity contribution >= 4 is 0 Å². The minimum atomic E-state index is -0.311. The zero-order valence-corrected chi connectivity index (χ0v) is 6.93. The van der Waals surface area contributed by atoms with Gasteiger partial charge in [0.15, 0.2) is 0 Å². The van der Waals surface area contributed by atoms with Gasteiger partial charge in [-0.25, -0.2) is 0 Å². The van der Waals surface area contributed by atoms with E-state index in [4.69, 9.17) is 0 Å². The third-order valence-electron chi connectivity index (χ3n) is 1.62. The van der Waals surface area contributed by atoms with Crippen molar-refractivity contribution in [2.45, 2.75) is 6.92 Å². The second-order valence-corrected chi connectivity index (χ2v) is 2.84. The molecule has 12 heavy (non-hydrogen) atoms. The Labute approximate surface area is 71.2 Å². The number of nitro groups is 1. The summed E-state index contributed by atoms with van der Waals surface area (Å²) in [4.78, 5) is 9.89. The number of rotatable bonds is 2. The molecule has 3 nitrogen and oxygen atoms in total. The van der Waals surface area contributed by atoms with Crippen LogP contribution in [0.4, 0.5) is 0 Å². The maximum absolute atomic E-state index is 10.2. The SMILES string of the molecule is CC1C=CC=CC(C[N+](=O)[O-])=C1. The molecule has 1 unspecified atom stereocenters. The van der Waals surface area contributed by atoms with E-state index in [2.05, 4.69) is 0 Å². The molecule has 0 radical (unpaired) electrons. The molecule has 1 rings (SSSR count). The molecule has 0 saturated heterocycles. The summed E-state index contributed by atoms with van der Waals surface area (Å²) >= 11 is 0. The van der Waals surface area contributed by atoms with Crippen molar-refractivity contribution in [3.8, 4) is 0 Å². The highest BCUT2D eigenvalue weighted by Gasteiger charge is 2.04.